The fourth-order valence-corrected chi connectivity index (χ4v) is 9.24. The van der Waals surface area contributed by atoms with Gasteiger partial charge in [0, 0.05) is 5.57 Å². The lowest BCUT2D eigenvalue weighted by Crippen LogP contribution is -2.44. The second kappa shape index (κ2) is 4.63. The van der Waals surface area contributed by atoms with Gasteiger partial charge in [0.2, 0.25) is 14.2 Å². The summed E-state index contributed by atoms with van der Waals surface area (Å²) in [6.07, 6.45) is 0. The summed E-state index contributed by atoms with van der Waals surface area (Å²) in [6.45, 7) is 14.5. The van der Waals surface area contributed by atoms with Crippen molar-refractivity contribution in [3.63, 3.8) is 0 Å². The fourth-order valence-electron chi connectivity index (χ4n) is 1.48. The van der Waals surface area contributed by atoms with Gasteiger partial charge in [-0.15, -0.1) is 0 Å². The molecule has 5 heteroatoms. The Morgan fingerprint density at radius 3 is 1.73 bits per heavy atom. The number of carbonyl (C=O) groups excluding carboxylic acids is 1. The summed E-state index contributed by atoms with van der Waals surface area (Å²) >= 11 is 0. The summed E-state index contributed by atoms with van der Waals surface area (Å²) in [6, 6.07) is 0. The van der Waals surface area contributed by atoms with E-state index in [9.17, 15) is 4.79 Å². The minimum atomic E-state index is -1.93. The van der Waals surface area contributed by atoms with Crippen LogP contribution in [0.5, 0.6) is 0 Å². The molecule has 0 rings (SSSR count). The van der Waals surface area contributed by atoms with Gasteiger partial charge < -0.3 is 9.85 Å². The Bertz CT molecular complexity index is 290. The number of rotatable bonds is 4. The topological polar surface area (TPSA) is 52.3 Å². The first-order valence-electron chi connectivity index (χ1n) is 5.15. The molecule has 0 saturated heterocycles. The molecular weight excluding hydrogens is 222 g/mol. The molecule has 0 aromatic rings. The molecule has 1 amide bonds. The van der Waals surface area contributed by atoms with Crippen molar-refractivity contribution in [2.75, 3.05) is 0 Å². The summed E-state index contributed by atoms with van der Waals surface area (Å²) in [5.41, 5.74) is 5.94. The van der Waals surface area contributed by atoms with Crippen molar-refractivity contribution in [2.24, 2.45) is 5.73 Å². The number of nitrogens with two attached hydrogens (primary N) is 1. The summed E-state index contributed by atoms with van der Waals surface area (Å²) < 4.78 is 6.17. The molecule has 0 aromatic carbocycles. The molecule has 88 valence electrons. The standard InChI is InChI=1S/C10H23NO2Si2/c1-8(10(11)12)9(2)15(6,7)13-14(3,4)5/h1-7H3,(H2,11,12). The molecular formula is C10H23NO2Si2. The van der Waals surface area contributed by atoms with E-state index < -0.39 is 16.6 Å². The van der Waals surface area contributed by atoms with Crippen molar-refractivity contribution >= 4 is 22.5 Å². The van der Waals surface area contributed by atoms with Crippen LogP contribution in [0.15, 0.2) is 10.8 Å². The average molecular weight is 245 g/mol. The normalized spacial score (nSPS) is 14.9. The third kappa shape index (κ3) is 4.77. The zero-order valence-corrected chi connectivity index (χ0v) is 12.9. The molecule has 0 heterocycles. The molecule has 0 aliphatic rings. The highest BCUT2D eigenvalue weighted by atomic mass is 28.4. The van der Waals surface area contributed by atoms with Crippen molar-refractivity contribution in [2.45, 2.75) is 46.6 Å². The zero-order chi connectivity index (χ0) is 12.4. The molecule has 0 atom stereocenters. The van der Waals surface area contributed by atoms with Crippen molar-refractivity contribution < 1.29 is 8.91 Å². The smallest absolute Gasteiger partial charge is 0.243 e. The second-order valence-corrected chi connectivity index (χ2v) is 14.2. The molecule has 0 unspecified atom stereocenters. The molecule has 0 fully saturated rings. The lowest BCUT2D eigenvalue weighted by molar-refractivity contribution is -0.114. The third-order valence-electron chi connectivity index (χ3n) is 2.40. The number of carbonyl (C=O) groups is 1. The summed E-state index contributed by atoms with van der Waals surface area (Å²) in [7, 11) is -3.49. The van der Waals surface area contributed by atoms with Crippen LogP contribution >= 0.6 is 0 Å². The SMILES string of the molecule is CC(C(N)=O)=C(C)[Si](C)(C)O[Si](C)(C)C. The highest BCUT2D eigenvalue weighted by molar-refractivity contribution is 6.88. The summed E-state index contributed by atoms with van der Waals surface area (Å²) in [4.78, 5) is 11.1. The van der Waals surface area contributed by atoms with Crippen LogP contribution in [0.25, 0.3) is 0 Å². The summed E-state index contributed by atoms with van der Waals surface area (Å²) in [5, 5.41) is 1.05. The molecule has 15 heavy (non-hydrogen) atoms. The Kier molecular flexibility index (Phi) is 4.51. The maximum Gasteiger partial charge on any atom is 0.243 e. The van der Waals surface area contributed by atoms with Crippen LogP contribution in [0.4, 0.5) is 0 Å². The molecule has 0 radical (unpaired) electrons. The van der Waals surface area contributed by atoms with Crippen molar-refractivity contribution in [1.29, 1.82) is 0 Å². The first-order valence-corrected chi connectivity index (χ1v) is 11.5. The number of hydrogen-bond donors (Lipinski definition) is 1. The van der Waals surface area contributed by atoms with Crippen molar-refractivity contribution in [3.05, 3.63) is 10.8 Å². The van der Waals surface area contributed by atoms with Crippen molar-refractivity contribution in [3.8, 4) is 0 Å². The largest absolute Gasteiger partial charge is 0.453 e. The first kappa shape index (κ1) is 14.6. The van der Waals surface area contributed by atoms with Gasteiger partial charge in [0.05, 0.1) is 0 Å². The van der Waals surface area contributed by atoms with Crippen LogP contribution in [0.3, 0.4) is 0 Å². The van der Waals surface area contributed by atoms with E-state index in [-0.39, 0.29) is 5.91 Å². The maximum absolute atomic E-state index is 11.1. The molecule has 0 aliphatic carbocycles. The molecule has 0 spiro atoms. The van der Waals surface area contributed by atoms with E-state index in [1.165, 1.54) is 0 Å². The van der Waals surface area contributed by atoms with Gasteiger partial charge in [0.25, 0.3) is 0 Å². The Labute approximate surface area is 95.0 Å². The average Bonchev–Trinajstić information content (AvgIpc) is 1.96. The lowest BCUT2D eigenvalue weighted by Gasteiger charge is -2.33. The predicted octanol–water partition coefficient (Wildman–Crippen LogP) is 2.40. The van der Waals surface area contributed by atoms with Crippen LogP contribution in [-0.4, -0.2) is 22.5 Å². The van der Waals surface area contributed by atoms with Gasteiger partial charge in [-0.2, -0.15) is 0 Å². The predicted molar refractivity (Wildman–Crippen MR) is 69.5 cm³/mol. The minimum Gasteiger partial charge on any atom is -0.453 e. The number of allylic oxidation sites excluding steroid dienone is 1. The molecule has 0 aromatic heterocycles. The van der Waals surface area contributed by atoms with Gasteiger partial charge in [-0.05, 0) is 46.6 Å². The monoisotopic (exact) mass is 245 g/mol. The van der Waals surface area contributed by atoms with Crippen LogP contribution in [0.1, 0.15) is 13.8 Å². The van der Waals surface area contributed by atoms with E-state index in [2.05, 4.69) is 32.7 Å². The van der Waals surface area contributed by atoms with Crippen LogP contribution in [0, 0.1) is 0 Å². The highest BCUT2D eigenvalue weighted by Gasteiger charge is 2.32. The Hall–Kier alpha value is -0.396. The highest BCUT2D eigenvalue weighted by Crippen LogP contribution is 2.23. The van der Waals surface area contributed by atoms with Gasteiger partial charge in [-0.25, -0.2) is 0 Å². The van der Waals surface area contributed by atoms with E-state index >= 15 is 0 Å². The number of primary amides is 1. The molecule has 0 bridgehead atoms. The Morgan fingerprint density at radius 2 is 1.47 bits per heavy atom. The van der Waals surface area contributed by atoms with Crippen LogP contribution < -0.4 is 5.73 Å². The van der Waals surface area contributed by atoms with Gasteiger partial charge in [0.1, 0.15) is 0 Å². The first-order chi connectivity index (χ1) is 6.47. The second-order valence-electron chi connectivity index (χ2n) is 5.34. The quantitative estimate of drug-likeness (QED) is 0.611. The molecule has 3 nitrogen and oxygen atoms in total. The molecule has 0 aliphatic heterocycles. The third-order valence-corrected chi connectivity index (χ3v) is 9.07. The summed E-state index contributed by atoms with van der Waals surface area (Å²) in [5.74, 6) is -0.341. The number of amides is 1. The molecule has 2 N–H and O–H groups in total. The van der Waals surface area contributed by atoms with E-state index in [1.54, 1.807) is 6.92 Å². The Balaban J connectivity index is 5.04. The van der Waals surface area contributed by atoms with Gasteiger partial charge >= 0.3 is 0 Å². The van der Waals surface area contributed by atoms with Crippen LogP contribution in [-0.2, 0) is 8.91 Å². The minimum absolute atomic E-state index is 0.341. The Morgan fingerprint density at radius 1 is 1.07 bits per heavy atom. The maximum atomic E-state index is 11.1. The van der Waals surface area contributed by atoms with E-state index in [1.807, 2.05) is 6.92 Å². The zero-order valence-electron chi connectivity index (χ0n) is 10.9. The van der Waals surface area contributed by atoms with Gasteiger partial charge in [-0.1, -0.05) is 5.20 Å². The van der Waals surface area contributed by atoms with Crippen LogP contribution in [0.2, 0.25) is 32.7 Å². The fraction of sp³-hybridized carbons (Fsp3) is 0.700. The lowest BCUT2D eigenvalue weighted by atomic mass is 10.3. The van der Waals surface area contributed by atoms with E-state index in [0.717, 1.165) is 5.20 Å². The van der Waals surface area contributed by atoms with Gasteiger partial charge in [-0.3, -0.25) is 4.79 Å². The van der Waals surface area contributed by atoms with Gasteiger partial charge in [0.15, 0.2) is 8.32 Å². The van der Waals surface area contributed by atoms with E-state index in [0.29, 0.717) is 5.57 Å². The van der Waals surface area contributed by atoms with E-state index in [4.69, 9.17) is 9.85 Å². The van der Waals surface area contributed by atoms with Crippen molar-refractivity contribution in [1.82, 2.24) is 0 Å². The number of hydrogen-bond acceptors (Lipinski definition) is 2. The molecule has 0 saturated carbocycles.